The summed E-state index contributed by atoms with van der Waals surface area (Å²) in [5.74, 6) is 0.782. The lowest BCUT2D eigenvalue weighted by Crippen LogP contribution is -2.32. The van der Waals surface area contributed by atoms with Gasteiger partial charge in [0.2, 0.25) is 0 Å². The number of hydrogen-bond acceptors (Lipinski definition) is 3. The first kappa shape index (κ1) is 18.3. The van der Waals surface area contributed by atoms with E-state index in [2.05, 4.69) is 37.5 Å². The maximum Gasteiger partial charge on any atom is 0.319 e. The van der Waals surface area contributed by atoms with Gasteiger partial charge in [-0.25, -0.2) is 4.79 Å². The largest absolute Gasteiger partial charge is 0.492 e. The van der Waals surface area contributed by atoms with Crippen molar-refractivity contribution >= 4 is 11.7 Å². The number of carbonyl (C=O) groups excluding carboxylic acids is 1. The van der Waals surface area contributed by atoms with Gasteiger partial charge in [-0.2, -0.15) is 5.26 Å². The molecule has 0 aliphatic heterocycles. The highest BCUT2D eigenvalue weighted by molar-refractivity contribution is 5.90. The fourth-order valence-corrected chi connectivity index (χ4v) is 2.24. The van der Waals surface area contributed by atoms with Crippen molar-refractivity contribution in [3.63, 3.8) is 0 Å². The van der Waals surface area contributed by atoms with Crippen molar-refractivity contribution in [1.29, 1.82) is 5.26 Å². The van der Waals surface area contributed by atoms with Gasteiger partial charge in [-0.3, -0.25) is 0 Å². The van der Waals surface area contributed by atoms with E-state index in [0.717, 1.165) is 5.75 Å². The Morgan fingerprint density at radius 1 is 1.16 bits per heavy atom. The van der Waals surface area contributed by atoms with Crippen LogP contribution in [0.1, 0.15) is 31.9 Å². The van der Waals surface area contributed by atoms with E-state index in [1.165, 1.54) is 5.56 Å². The van der Waals surface area contributed by atoms with E-state index in [9.17, 15) is 4.79 Å². The topological polar surface area (TPSA) is 74.2 Å². The number of carbonyl (C=O) groups is 1. The minimum absolute atomic E-state index is 0.0611. The Hall–Kier alpha value is -3.00. The Labute approximate surface area is 148 Å². The summed E-state index contributed by atoms with van der Waals surface area (Å²) in [5, 5.41) is 14.4. The molecule has 0 saturated heterocycles. The standard InChI is InChI=1S/C20H23N3O2/c1-20(2,3)16-8-6-9-17(13-16)25-12-11-22-19(24)23-18-10-5-4-7-15(18)14-21/h4-10,13H,11-12H2,1-3H3,(H2,22,23,24). The first-order valence-electron chi connectivity index (χ1n) is 8.17. The molecule has 0 fully saturated rings. The highest BCUT2D eigenvalue weighted by Crippen LogP contribution is 2.25. The zero-order valence-electron chi connectivity index (χ0n) is 14.8. The van der Waals surface area contributed by atoms with Gasteiger partial charge >= 0.3 is 6.03 Å². The van der Waals surface area contributed by atoms with E-state index in [4.69, 9.17) is 10.00 Å². The molecule has 0 heterocycles. The van der Waals surface area contributed by atoms with E-state index >= 15 is 0 Å². The van der Waals surface area contributed by atoms with Crippen LogP contribution in [0.5, 0.6) is 5.75 Å². The molecule has 25 heavy (non-hydrogen) atoms. The zero-order valence-corrected chi connectivity index (χ0v) is 14.8. The van der Waals surface area contributed by atoms with Crippen LogP contribution in [-0.2, 0) is 5.41 Å². The number of benzene rings is 2. The molecule has 0 saturated carbocycles. The summed E-state index contributed by atoms with van der Waals surface area (Å²) in [6.07, 6.45) is 0. The van der Waals surface area contributed by atoms with Gasteiger partial charge in [-0.15, -0.1) is 0 Å². The molecule has 0 spiro atoms. The number of nitriles is 1. The molecule has 0 aromatic heterocycles. The summed E-state index contributed by atoms with van der Waals surface area (Å²) >= 11 is 0. The van der Waals surface area contributed by atoms with Crippen LogP contribution >= 0.6 is 0 Å². The average molecular weight is 337 g/mol. The fraction of sp³-hybridized carbons (Fsp3) is 0.300. The van der Waals surface area contributed by atoms with Crippen molar-refractivity contribution in [1.82, 2.24) is 5.32 Å². The van der Waals surface area contributed by atoms with Crippen molar-refractivity contribution < 1.29 is 9.53 Å². The number of rotatable bonds is 5. The van der Waals surface area contributed by atoms with Crippen LogP contribution in [0.3, 0.4) is 0 Å². The van der Waals surface area contributed by atoms with Gasteiger partial charge in [0.25, 0.3) is 0 Å². The molecule has 2 rings (SSSR count). The first-order valence-corrected chi connectivity index (χ1v) is 8.17. The average Bonchev–Trinajstić information content (AvgIpc) is 2.59. The maximum atomic E-state index is 11.9. The second-order valence-electron chi connectivity index (χ2n) is 6.66. The van der Waals surface area contributed by atoms with Crippen molar-refractivity contribution in [2.24, 2.45) is 0 Å². The van der Waals surface area contributed by atoms with Crippen LogP contribution in [0.15, 0.2) is 48.5 Å². The van der Waals surface area contributed by atoms with Gasteiger partial charge in [0.05, 0.1) is 17.8 Å². The Balaban J connectivity index is 1.80. The number of ether oxygens (including phenoxy) is 1. The third kappa shape index (κ3) is 5.54. The third-order valence-corrected chi connectivity index (χ3v) is 3.65. The van der Waals surface area contributed by atoms with Crippen molar-refractivity contribution in [2.75, 3.05) is 18.5 Å². The minimum Gasteiger partial charge on any atom is -0.492 e. The number of amides is 2. The predicted molar refractivity (Wildman–Crippen MR) is 98.8 cm³/mol. The van der Waals surface area contributed by atoms with E-state index in [1.807, 2.05) is 24.3 Å². The molecule has 2 aromatic rings. The summed E-state index contributed by atoms with van der Waals surface area (Å²) in [6, 6.07) is 16.5. The Kier molecular flexibility index (Phi) is 6.02. The quantitative estimate of drug-likeness (QED) is 0.808. The van der Waals surface area contributed by atoms with Crippen LogP contribution in [0.2, 0.25) is 0 Å². The molecule has 0 unspecified atom stereocenters. The van der Waals surface area contributed by atoms with Crippen LogP contribution < -0.4 is 15.4 Å². The normalized spacial score (nSPS) is 10.6. The molecular weight excluding hydrogens is 314 g/mol. The van der Waals surface area contributed by atoms with E-state index < -0.39 is 0 Å². The number of urea groups is 1. The van der Waals surface area contributed by atoms with E-state index in [-0.39, 0.29) is 11.4 Å². The van der Waals surface area contributed by atoms with Crippen LogP contribution in [-0.4, -0.2) is 19.2 Å². The Morgan fingerprint density at radius 2 is 1.92 bits per heavy atom. The second-order valence-corrected chi connectivity index (χ2v) is 6.66. The summed E-state index contributed by atoms with van der Waals surface area (Å²) in [4.78, 5) is 11.9. The van der Waals surface area contributed by atoms with Gasteiger partial charge in [-0.05, 0) is 35.2 Å². The lowest BCUT2D eigenvalue weighted by molar-refractivity contribution is 0.247. The maximum absolute atomic E-state index is 11.9. The number of nitrogens with one attached hydrogen (secondary N) is 2. The molecule has 0 bridgehead atoms. The zero-order chi connectivity index (χ0) is 18.3. The molecule has 0 aliphatic rings. The van der Waals surface area contributed by atoms with Crippen molar-refractivity contribution in [3.05, 3.63) is 59.7 Å². The summed E-state index contributed by atoms with van der Waals surface area (Å²) in [6.45, 7) is 7.17. The van der Waals surface area contributed by atoms with Gasteiger partial charge in [0, 0.05) is 0 Å². The lowest BCUT2D eigenvalue weighted by Gasteiger charge is -2.19. The summed E-state index contributed by atoms with van der Waals surface area (Å²) in [7, 11) is 0. The SMILES string of the molecule is CC(C)(C)c1cccc(OCCNC(=O)Nc2ccccc2C#N)c1. The van der Waals surface area contributed by atoms with E-state index in [0.29, 0.717) is 24.4 Å². The molecule has 2 aromatic carbocycles. The molecule has 5 nitrogen and oxygen atoms in total. The monoisotopic (exact) mass is 337 g/mol. The Bertz CT molecular complexity index is 773. The number of hydrogen-bond donors (Lipinski definition) is 2. The van der Waals surface area contributed by atoms with Crippen LogP contribution in [0, 0.1) is 11.3 Å². The predicted octanol–water partition coefficient (Wildman–Crippen LogP) is 4.06. The number of para-hydroxylation sites is 1. The van der Waals surface area contributed by atoms with Crippen molar-refractivity contribution in [2.45, 2.75) is 26.2 Å². The van der Waals surface area contributed by atoms with Gasteiger partial charge < -0.3 is 15.4 Å². The molecular formula is C20H23N3O2. The van der Waals surface area contributed by atoms with E-state index in [1.54, 1.807) is 24.3 Å². The molecule has 0 radical (unpaired) electrons. The second kappa shape index (κ2) is 8.20. The minimum atomic E-state index is -0.366. The first-order chi connectivity index (χ1) is 11.9. The molecule has 0 aliphatic carbocycles. The fourth-order valence-electron chi connectivity index (χ4n) is 2.24. The third-order valence-electron chi connectivity index (χ3n) is 3.65. The van der Waals surface area contributed by atoms with Crippen LogP contribution in [0.4, 0.5) is 10.5 Å². The van der Waals surface area contributed by atoms with Gasteiger partial charge in [-0.1, -0.05) is 45.0 Å². The number of anilines is 1. The smallest absolute Gasteiger partial charge is 0.319 e. The highest BCUT2D eigenvalue weighted by atomic mass is 16.5. The summed E-state index contributed by atoms with van der Waals surface area (Å²) < 4.78 is 5.69. The molecule has 0 atom stereocenters. The molecule has 2 amide bonds. The highest BCUT2D eigenvalue weighted by Gasteiger charge is 2.13. The molecule has 5 heteroatoms. The van der Waals surface area contributed by atoms with Crippen LogP contribution in [0.25, 0.3) is 0 Å². The van der Waals surface area contributed by atoms with Gasteiger partial charge in [0.15, 0.2) is 0 Å². The summed E-state index contributed by atoms with van der Waals surface area (Å²) in [5.41, 5.74) is 2.17. The van der Waals surface area contributed by atoms with Gasteiger partial charge in [0.1, 0.15) is 18.4 Å². The number of nitrogens with zero attached hydrogens (tertiary/aromatic N) is 1. The van der Waals surface area contributed by atoms with Crippen molar-refractivity contribution in [3.8, 4) is 11.8 Å². The lowest BCUT2D eigenvalue weighted by atomic mass is 9.87. The molecule has 2 N–H and O–H groups in total. The molecule has 130 valence electrons. The Morgan fingerprint density at radius 3 is 2.64 bits per heavy atom.